The van der Waals surface area contributed by atoms with Gasteiger partial charge in [-0.25, -0.2) is 0 Å². The van der Waals surface area contributed by atoms with Gasteiger partial charge in [0.05, 0.1) is 18.2 Å². The molecule has 1 aromatic rings. The normalized spacial score (nSPS) is 17.2. The summed E-state index contributed by atoms with van der Waals surface area (Å²) in [6, 6.07) is 2.57. The van der Waals surface area contributed by atoms with E-state index in [0.29, 0.717) is 24.7 Å². The van der Waals surface area contributed by atoms with Crippen molar-refractivity contribution in [3.8, 4) is 0 Å². The van der Waals surface area contributed by atoms with E-state index in [-0.39, 0.29) is 0 Å². The second kappa shape index (κ2) is 5.99. The number of hydrogen-bond donors (Lipinski definition) is 0. The molecule has 17 heavy (non-hydrogen) atoms. The van der Waals surface area contributed by atoms with E-state index in [0.717, 1.165) is 12.1 Å². The van der Waals surface area contributed by atoms with Crippen LogP contribution in [-0.2, 0) is 11.2 Å². The molecule has 2 rings (SSSR count). The van der Waals surface area contributed by atoms with Crippen molar-refractivity contribution in [2.45, 2.75) is 64.3 Å². The zero-order chi connectivity index (χ0) is 12.1. The second-order valence-electron chi connectivity index (χ2n) is 5.04. The van der Waals surface area contributed by atoms with Crippen molar-refractivity contribution >= 4 is 5.78 Å². The summed E-state index contributed by atoms with van der Waals surface area (Å²) in [5, 5.41) is 4.55. The van der Waals surface area contributed by atoms with Crippen molar-refractivity contribution in [1.29, 1.82) is 0 Å². The van der Waals surface area contributed by atoms with Crippen molar-refractivity contribution in [3.63, 3.8) is 0 Å². The lowest BCUT2D eigenvalue weighted by molar-refractivity contribution is -0.118. The molecule has 0 unspecified atom stereocenters. The number of hydrogen-bond acceptors (Lipinski definition) is 2. The molecule has 0 atom stereocenters. The van der Waals surface area contributed by atoms with Gasteiger partial charge in [-0.05, 0) is 25.3 Å². The van der Waals surface area contributed by atoms with Crippen molar-refractivity contribution in [2.24, 2.45) is 0 Å². The summed E-state index contributed by atoms with van der Waals surface area (Å²) < 4.78 is 2.08. The zero-order valence-corrected chi connectivity index (χ0v) is 10.7. The molecule has 0 bridgehead atoms. The van der Waals surface area contributed by atoms with E-state index in [1.165, 1.54) is 32.1 Å². The molecule has 0 N–H and O–H groups in total. The minimum atomic E-state index is 0.307. The van der Waals surface area contributed by atoms with E-state index in [4.69, 9.17) is 0 Å². The van der Waals surface area contributed by atoms with E-state index in [2.05, 4.69) is 9.78 Å². The highest BCUT2D eigenvalue weighted by molar-refractivity contribution is 5.80. The molecule has 0 aliphatic heterocycles. The molecule has 0 spiro atoms. The van der Waals surface area contributed by atoms with E-state index in [1.807, 2.05) is 19.2 Å². The first kappa shape index (κ1) is 12.3. The largest absolute Gasteiger partial charge is 0.299 e. The van der Waals surface area contributed by atoms with Crippen molar-refractivity contribution in [3.05, 3.63) is 18.0 Å². The molecular formula is C14H22N2O. The first-order valence-corrected chi connectivity index (χ1v) is 6.85. The topological polar surface area (TPSA) is 34.9 Å². The maximum Gasteiger partial charge on any atom is 0.138 e. The molecule has 1 aliphatic carbocycles. The summed E-state index contributed by atoms with van der Waals surface area (Å²) in [6.07, 6.45) is 10.6. The molecular weight excluding hydrogens is 212 g/mol. The van der Waals surface area contributed by atoms with Gasteiger partial charge < -0.3 is 0 Å². The van der Waals surface area contributed by atoms with Crippen LogP contribution in [0.25, 0.3) is 0 Å². The molecule has 0 aromatic carbocycles. The number of carbonyl (C=O) groups excluding carboxylic acids is 1. The Labute approximate surface area is 103 Å². The third-order valence-electron chi connectivity index (χ3n) is 3.52. The Morgan fingerprint density at radius 3 is 2.88 bits per heavy atom. The third kappa shape index (κ3) is 3.42. The maximum atomic E-state index is 11.5. The van der Waals surface area contributed by atoms with Crippen molar-refractivity contribution in [2.75, 3.05) is 0 Å². The van der Waals surface area contributed by atoms with Crippen LogP contribution in [0, 0.1) is 0 Å². The lowest BCUT2D eigenvalue weighted by Gasteiger charge is -2.21. The average molecular weight is 234 g/mol. The lowest BCUT2D eigenvalue weighted by atomic mass is 9.96. The highest BCUT2D eigenvalue weighted by atomic mass is 16.1. The van der Waals surface area contributed by atoms with Crippen LogP contribution in [0.2, 0.25) is 0 Å². The molecule has 3 nitrogen and oxygen atoms in total. The van der Waals surface area contributed by atoms with Gasteiger partial charge in [0.2, 0.25) is 0 Å². The number of aromatic nitrogens is 2. The van der Waals surface area contributed by atoms with Crippen molar-refractivity contribution < 1.29 is 4.79 Å². The fourth-order valence-corrected chi connectivity index (χ4v) is 2.59. The van der Waals surface area contributed by atoms with Gasteiger partial charge in [-0.15, -0.1) is 0 Å². The molecule has 1 heterocycles. The van der Waals surface area contributed by atoms with E-state index < -0.39 is 0 Å². The summed E-state index contributed by atoms with van der Waals surface area (Å²) in [5.41, 5.74) is 0.939. The number of nitrogens with zero attached hydrogens (tertiary/aromatic N) is 2. The van der Waals surface area contributed by atoms with Crippen LogP contribution in [0.4, 0.5) is 0 Å². The van der Waals surface area contributed by atoms with E-state index in [9.17, 15) is 4.79 Å². The summed E-state index contributed by atoms with van der Waals surface area (Å²) in [5.74, 6) is 0.307. The van der Waals surface area contributed by atoms with Gasteiger partial charge in [0.1, 0.15) is 5.78 Å². The Morgan fingerprint density at radius 1 is 1.41 bits per heavy atom. The zero-order valence-electron chi connectivity index (χ0n) is 10.7. The molecule has 1 saturated carbocycles. The van der Waals surface area contributed by atoms with E-state index >= 15 is 0 Å². The molecule has 1 aliphatic rings. The fraction of sp³-hybridized carbons (Fsp3) is 0.714. The van der Waals surface area contributed by atoms with Gasteiger partial charge in [0.25, 0.3) is 0 Å². The molecule has 0 radical (unpaired) electrons. The standard InChI is InChI=1S/C14H22N2O/c1-2-6-14(17)11-12-9-10-16(15-12)13-7-4-3-5-8-13/h9-10,13H,2-8,11H2,1H3. The van der Waals surface area contributed by atoms with Crippen LogP contribution in [-0.4, -0.2) is 15.6 Å². The van der Waals surface area contributed by atoms with Gasteiger partial charge in [-0.3, -0.25) is 9.48 Å². The van der Waals surface area contributed by atoms with Crippen molar-refractivity contribution in [1.82, 2.24) is 9.78 Å². The molecule has 1 aromatic heterocycles. The first-order chi connectivity index (χ1) is 8.29. The van der Waals surface area contributed by atoms with Gasteiger partial charge in [0.15, 0.2) is 0 Å². The predicted octanol–water partition coefficient (Wildman–Crippen LogP) is 3.30. The molecule has 3 heteroatoms. The quantitative estimate of drug-likeness (QED) is 0.783. The minimum Gasteiger partial charge on any atom is -0.299 e. The maximum absolute atomic E-state index is 11.5. The number of carbonyl (C=O) groups is 1. The fourth-order valence-electron chi connectivity index (χ4n) is 2.59. The van der Waals surface area contributed by atoms with Crippen LogP contribution in [0.15, 0.2) is 12.3 Å². The highest BCUT2D eigenvalue weighted by Crippen LogP contribution is 2.27. The number of ketones is 1. The smallest absolute Gasteiger partial charge is 0.138 e. The number of Topliss-reactive ketones (excluding diaryl/α,β-unsaturated/α-hetero) is 1. The second-order valence-corrected chi connectivity index (χ2v) is 5.04. The van der Waals surface area contributed by atoms with Gasteiger partial charge in [0, 0.05) is 12.6 Å². The van der Waals surface area contributed by atoms with Crippen LogP contribution < -0.4 is 0 Å². The Hall–Kier alpha value is -1.12. The van der Waals surface area contributed by atoms with Gasteiger partial charge in [-0.1, -0.05) is 26.2 Å². The van der Waals surface area contributed by atoms with Crippen LogP contribution in [0.1, 0.15) is 63.6 Å². The molecule has 94 valence electrons. The molecule has 0 saturated heterocycles. The first-order valence-electron chi connectivity index (χ1n) is 6.85. The Kier molecular flexibility index (Phi) is 4.35. The summed E-state index contributed by atoms with van der Waals surface area (Å²) >= 11 is 0. The van der Waals surface area contributed by atoms with Crippen LogP contribution >= 0.6 is 0 Å². The molecule has 0 amide bonds. The Balaban J connectivity index is 1.93. The summed E-state index contributed by atoms with van der Waals surface area (Å²) in [4.78, 5) is 11.5. The Morgan fingerprint density at radius 2 is 2.18 bits per heavy atom. The van der Waals surface area contributed by atoms with E-state index in [1.54, 1.807) is 0 Å². The minimum absolute atomic E-state index is 0.307. The highest BCUT2D eigenvalue weighted by Gasteiger charge is 2.16. The Bertz CT molecular complexity index is 364. The average Bonchev–Trinajstić information content (AvgIpc) is 2.79. The monoisotopic (exact) mass is 234 g/mol. The van der Waals surface area contributed by atoms with Crippen LogP contribution in [0.3, 0.4) is 0 Å². The summed E-state index contributed by atoms with van der Waals surface area (Å²) in [7, 11) is 0. The summed E-state index contributed by atoms with van der Waals surface area (Å²) in [6.45, 7) is 2.04. The molecule has 1 fully saturated rings. The van der Waals surface area contributed by atoms with Gasteiger partial charge >= 0.3 is 0 Å². The SMILES string of the molecule is CCCC(=O)Cc1ccn(C2CCCCC2)n1. The van der Waals surface area contributed by atoms with Gasteiger partial charge in [-0.2, -0.15) is 5.10 Å². The lowest BCUT2D eigenvalue weighted by Crippen LogP contribution is -2.14. The third-order valence-corrected chi connectivity index (χ3v) is 3.52. The van der Waals surface area contributed by atoms with Crippen LogP contribution in [0.5, 0.6) is 0 Å². The predicted molar refractivity (Wildman–Crippen MR) is 68.0 cm³/mol. The number of rotatable bonds is 5.